The fraction of sp³-hybridized carbons (Fsp3) is 0.364. The van der Waals surface area contributed by atoms with E-state index in [0.717, 1.165) is 0 Å². The number of esters is 1. The molecule has 0 radical (unpaired) electrons. The first kappa shape index (κ1) is 17.0. The number of carbonyl (C=O) groups excluding carboxylic acids is 1. The molecule has 0 aliphatic heterocycles. The summed E-state index contributed by atoms with van der Waals surface area (Å²) in [5.41, 5.74) is 6.21. The lowest BCUT2D eigenvalue weighted by Crippen LogP contribution is -2.22. The molecule has 0 saturated heterocycles. The van der Waals surface area contributed by atoms with E-state index in [2.05, 4.69) is 20.7 Å². The van der Waals surface area contributed by atoms with Gasteiger partial charge in [-0.15, -0.1) is 12.4 Å². The lowest BCUT2D eigenvalue weighted by atomic mass is 10.1. The highest BCUT2D eigenvalue weighted by Crippen LogP contribution is 2.36. The Morgan fingerprint density at radius 2 is 2.17 bits per heavy atom. The molecule has 102 valence electrons. The van der Waals surface area contributed by atoms with Crippen molar-refractivity contribution >= 4 is 34.3 Å². The van der Waals surface area contributed by atoms with Gasteiger partial charge < -0.3 is 20.3 Å². The van der Waals surface area contributed by atoms with Gasteiger partial charge in [-0.2, -0.15) is 0 Å². The summed E-state index contributed by atoms with van der Waals surface area (Å²) in [6.07, 6.45) is 0. The van der Waals surface area contributed by atoms with E-state index in [-0.39, 0.29) is 23.9 Å². The third-order valence-electron chi connectivity index (χ3n) is 2.16. The van der Waals surface area contributed by atoms with Crippen LogP contribution in [0, 0.1) is 0 Å². The van der Waals surface area contributed by atoms with Crippen LogP contribution >= 0.6 is 28.3 Å². The van der Waals surface area contributed by atoms with Crippen molar-refractivity contribution in [3.05, 3.63) is 22.2 Å². The predicted molar refractivity (Wildman–Crippen MR) is 73.2 cm³/mol. The molecule has 3 N–H and O–H groups in total. The molecule has 0 unspecified atom stereocenters. The zero-order valence-electron chi connectivity index (χ0n) is 9.97. The van der Waals surface area contributed by atoms with Gasteiger partial charge in [-0.05, 0) is 40.5 Å². The minimum absolute atomic E-state index is 0. The third kappa shape index (κ3) is 3.76. The van der Waals surface area contributed by atoms with Gasteiger partial charge in [-0.1, -0.05) is 0 Å². The molecule has 1 aromatic rings. The summed E-state index contributed by atoms with van der Waals surface area (Å²) < 4.78 is 10.2. The van der Waals surface area contributed by atoms with Gasteiger partial charge in [0, 0.05) is 0 Å². The second kappa shape index (κ2) is 7.45. The van der Waals surface area contributed by atoms with E-state index in [0.29, 0.717) is 16.6 Å². The number of rotatable bonds is 4. The summed E-state index contributed by atoms with van der Waals surface area (Å²) in [7, 11) is 1.26. The van der Waals surface area contributed by atoms with Crippen molar-refractivity contribution in [1.82, 2.24) is 0 Å². The van der Waals surface area contributed by atoms with Crippen molar-refractivity contribution in [2.45, 2.75) is 13.0 Å². The third-order valence-corrected chi connectivity index (χ3v) is 2.77. The van der Waals surface area contributed by atoms with Crippen LogP contribution in [0.3, 0.4) is 0 Å². The molecule has 0 saturated carbocycles. The quantitative estimate of drug-likeness (QED) is 0.821. The maximum atomic E-state index is 11.3. The minimum atomic E-state index is -0.906. The van der Waals surface area contributed by atoms with Crippen LogP contribution in [-0.2, 0) is 9.53 Å². The number of methoxy groups -OCH3 is 1. The zero-order valence-corrected chi connectivity index (χ0v) is 12.4. The fourth-order valence-electron chi connectivity index (χ4n) is 1.30. The average Bonchev–Trinajstić information content (AvgIpc) is 2.33. The van der Waals surface area contributed by atoms with Crippen LogP contribution in [0.1, 0.15) is 18.5 Å². The van der Waals surface area contributed by atoms with Crippen LogP contribution < -0.4 is 10.5 Å². The Labute approximate surface area is 120 Å². The molecule has 0 spiro atoms. The van der Waals surface area contributed by atoms with E-state index in [9.17, 15) is 9.90 Å². The first-order valence-corrected chi connectivity index (χ1v) is 5.79. The number of carbonyl (C=O) groups is 1. The highest BCUT2D eigenvalue weighted by molar-refractivity contribution is 9.10. The molecule has 0 fully saturated rings. The fourth-order valence-corrected chi connectivity index (χ4v) is 1.76. The summed E-state index contributed by atoms with van der Waals surface area (Å²) in [5, 5.41) is 9.70. The van der Waals surface area contributed by atoms with Gasteiger partial charge in [-0.3, -0.25) is 4.79 Å². The van der Waals surface area contributed by atoms with Gasteiger partial charge in [-0.25, -0.2) is 0 Å². The molecular weight excluding hydrogens is 325 g/mol. The van der Waals surface area contributed by atoms with Crippen LogP contribution in [-0.4, -0.2) is 24.8 Å². The molecule has 5 nitrogen and oxygen atoms in total. The summed E-state index contributed by atoms with van der Waals surface area (Å²) in [6, 6.07) is 2.17. The van der Waals surface area contributed by atoms with Crippen LogP contribution in [0.5, 0.6) is 11.5 Å². The Kier molecular flexibility index (Phi) is 7.05. The molecule has 0 heterocycles. The van der Waals surface area contributed by atoms with Crippen LogP contribution in [0.25, 0.3) is 0 Å². The molecule has 18 heavy (non-hydrogen) atoms. The van der Waals surface area contributed by atoms with E-state index in [4.69, 9.17) is 10.5 Å². The number of phenolic OH excluding ortho intramolecular Hbond substituents is 1. The van der Waals surface area contributed by atoms with Gasteiger partial charge >= 0.3 is 5.97 Å². The van der Waals surface area contributed by atoms with Gasteiger partial charge in [0.25, 0.3) is 0 Å². The monoisotopic (exact) mass is 339 g/mol. The molecule has 1 rings (SSSR count). The number of hydrogen-bond acceptors (Lipinski definition) is 5. The van der Waals surface area contributed by atoms with Crippen molar-refractivity contribution in [3.8, 4) is 11.5 Å². The largest absolute Gasteiger partial charge is 0.503 e. The van der Waals surface area contributed by atoms with Crippen LogP contribution in [0.4, 0.5) is 0 Å². The topological polar surface area (TPSA) is 81.8 Å². The Balaban J connectivity index is 0.00000289. The molecule has 0 aliphatic carbocycles. The van der Waals surface area contributed by atoms with E-state index in [1.165, 1.54) is 13.2 Å². The van der Waals surface area contributed by atoms with E-state index in [1.807, 2.05) is 0 Å². The molecule has 0 amide bonds. The highest BCUT2D eigenvalue weighted by atomic mass is 79.9. The lowest BCUT2D eigenvalue weighted by molar-refractivity contribution is -0.142. The van der Waals surface area contributed by atoms with Crippen molar-refractivity contribution in [3.63, 3.8) is 0 Å². The van der Waals surface area contributed by atoms with Crippen LogP contribution in [0.2, 0.25) is 0 Å². The molecule has 0 aromatic heterocycles. The number of benzene rings is 1. The number of halogens is 2. The number of hydrogen-bond donors (Lipinski definition) is 2. The minimum Gasteiger partial charge on any atom is -0.503 e. The Morgan fingerprint density at radius 1 is 1.56 bits per heavy atom. The molecule has 7 heteroatoms. The first-order chi connectivity index (χ1) is 8.01. The number of phenols is 1. The van der Waals surface area contributed by atoms with Crippen molar-refractivity contribution in [2.24, 2.45) is 5.73 Å². The summed E-state index contributed by atoms with van der Waals surface area (Å²) >= 11 is 3.17. The number of ether oxygens (including phenoxy) is 2. The smallest absolute Gasteiger partial charge is 0.327 e. The van der Waals surface area contributed by atoms with Crippen molar-refractivity contribution in [2.75, 3.05) is 13.7 Å². The molecule has 0 aliphatic rings. The second-order valence-electron chi connectivity index (χ2n) is 3.28. The van der Waals surface area contributed by atoms with Gasteiger partial charge in [0.1, 0.15) is 6.04 Å². The van der Waals surface area contributed by atoms with E-state index < -0.39 is 12.0 Å². The van der Waals surface area contributed by atoms with Gasteiger partial charge in [0.2, 0.25) is 0 Å². The summed E-state index contributed by atoms with van der Waals surface area (Å²) in [4.78, 5) is 11.3. The lowest BCUT2D eigenvalue weighted by Gasteiger charge is -2.13. The van der Waals surface area contributed by atoms with Gasteiger partial charge in [0.15, 0.2) is 11.5 Å². The first-order valence-electron chi connectivity index (χ1n) is 4.99. The summed E-state index contributed by atoms with van der Waals surface area (Å²) in [6.45, 7) is 2.19. The molecule has 1 aromatic carbocycles. The highest BCUT2D eigenvalue weighted by Gasteiger charge is 2.19. The number of nitrogens with two attached hydrogens (primary N) is 1. The zero-order chi connectivity index (χ0) is 13.0. The Hall–Kier alpha value is -0.980. The average molecular weight is 341 g/mol. The Bertz CT molecular complexity index is 428. The predicted octanol–water partition coefficient (Wildman–Crippen LogP) is 2.15. The number of aromatic hydroxyl groups is 1. The SMILES string of the molecule is CCOc1cc([C@@H](N)C(=O)OC)cc(Br)c1O.Cl. The summed E-state index contributed by atoms with van der Waals surface area (Å²) in [5.74, 6) is -0.297. The van der Waals surface area contributed by atoms with E-state index in [1.54, 1.807) is 13.0 Å². The standard InChI is InChI=1S/C11H14BrNO4.ClH/c1-3-17-8-5-6(4-7(12)10(8)14)9(13)11(15)16-2;/h4-5,9,14H,3,13H2,1-2H3;1H/t9-;/m1./s1. The Morgan fingerprint density at radius 3 is 2.67 bits per heavy atom. The van der Waals surface area contributed by atoms with Crippen molar-refractivity contribution < 1.29 is 19.4 Å². The van der Waals surface area contributed by atoms with Crippen molar-refractivity contribution in [1.29, 1.82) is 0 Å². The van der Waals surface area contributed by atoms with Crippen LogP contribution in [0.15, 0.2) is 16.6 Å². The molecule has 1 atom stereocenters. The maximum absolute atomic E-state index is 11.3. The molecule has 0 bridgehead atoms. The second-order valence-corrected chi connectivity index (χ2v) is 4.14. The normalized spacial score (nSPS) is 11.3. The maximum Gasteiger partial charge on any atom is 0.327 e. The molecular formula is C11H15BrClNO4. The van der Waals surface area contributed by atoms with E-state index >= 15 is 0 Å². The van der Waals surface area contributed by atoms with Gasteiger partial charge in [0.05, 0.1) is 18.2 Å².